The number of hydrogen-bond acceptors (Lipinski definition) is 2. The largest absolute Gasteiger partial charge is 0.399 e. The summed E-state index contributed by atoms with van der Waals surface area (Å²) in [4.78, 5) is 0.484. The third-order valence-electron chi connectivity index (χ3n) is 2.54. The van der Waals surface area contributed by atoms with E-state index in [1.807, 2.05) is 0 Å². The Labute approximate surface area is 128 Å². The average molecular weight is 335 g/mol. The minimum absolute atomic E-state index is 0.196. The number of hydrogen-bond donors (Lipinski definition) is 1. The van der Waals surface area contributed by atoms with E-state index in [9.17, 15) is 4.21 Å². The topological polar surface area (TPSA) is 43.1 Å². The third kappa shape index (κ3) is 3.42. The Kier molecular flexibility index (Phi) is 4.74. The van der Waals surface area contributed by atoms with Gasteiger partial charge >= 0.3 is 0 Å². The van der Waals surface area contributed by atoms with Crippen LogP contribution in [0.4, 0.5) is 5.69 Å². The van der Waals surface area contributed by atoms with E-state index in [1.54, 1.807) is 36.4 Å². The van der Waals surface area contributed by atoms with Gasteiger partial charge in [0.05, 0.1) is 26.5 Å². The summed E-state index contributed by atoms with van der Waals surface area (Å²) in [5.74, 6) is 0.196. The van der Waals surface area contributed by atoms with Crippen LogP contribution in [0.2, 0.25) is 15.1 Å². The summed E-state index contributed by atoms with van der Waals surface area (Å²) in [7, 11) is -1.36. The molecule has 0 radical (unpaired) electrons. The molecule has 0 aliphatic rings. The Bertz CT molecular complexity index is 626. The molecular formula is C13H10Cl3NOS. The van der Waals surface area contributed by atoms with Gasteiger partial charge in [-0.2, -0.15) is 0 Å². The Hall–Kier alpha value is -0.740. The van der Waals surface area contributed by atoms with Crippen molar-refractivity contribution in [3.63, 3.8) is 0 Å². The molecule has 2 rings (SSSR count). The van der Waals surface area contributed by atoms with Gasteiger partial charge in [0.15, 0.2) is 0 Å². The van der Waals surface area contributed by atoms with Crippen LogP contribution < -0.4 is 5.73 Å². The highest BCUT2D eigenvalue weighted by Gasteiger charge is 2.14. The molecule has 0 aliphatic heterocycles. The smallest absolute Gasteiger partial charge is 0.0598 e. The van der Waals surface area contributed by atoms with E-state index in [4.69, 9.17) is 40.5 Å². The molecule has 1 unspecified atom stereocenters. The second-order valence-electron chi connectivity index (χ2n) is 3.88. The van der Waals surface area contributed by atoms with Gasteiger partial charge in [0.25, 0.3) is 0 Å². The van der Waals surface area contributed by atoms with E-state index in [2.05, 4.69) is 0 Å². The molecule has 0 spiro atoms. The van der Waals surface area contributed by atoms with Crippen molar-refractivity contribution in [1.29, 1.82) is 0 Å². The fourth-order valence-electron chi connectivity index (χ4n) is 1.57. The van der Waals surface area contributed by atoms with Crippen LogP contribution in [0.3, 0.4) is 0 Å². The van der Waals surface area contributed by atoms with E-state index in [0.717, 1.165) is 0 Å². The van der Waals surface area contributed by atoms with Crippen molar-refractivity contribution < 1.29 is 4.21 Å². The van der Waals surface area contributed by atoms with Gasteiger partial charge in [0, 0.05) is 21.3 Å². The quantitative estimate of drug-likeness (QED) is 0.838. The van der Waals surface area contributed by atoms with E-state index in [1.165, 1.54) is 0 Å². The van der Waals surface area contributed by atoms with Gasteiger partial charge < -0.3 is 5.73 Å². The van der Waals surface area contributed by atoms with Crippen LogP contribution in [0, 0.1) is 0 Å². The lowest BCUT2D eigenvalue weighted by Crippen LogP contribution is -2.00. The van der Waals surface area contributed by atoms with Gasteiger partial charge in [-0.15, -0.1) is 0 Å². The first-order valence-corrected chi connectivity index (χ1v) is 7.80. The summed E-state index contributed by atoms with van der Waals surface area (Å²) in [5.41, 5.74) is 6.83. The number of benzene rings is 2. The molecule has 2 nitrogen and oxygen atoms in total. The highest BCUT2D eigenvalue weighted by molar-refractivity contribution is 7.84. The molecule has 2 aromatic carbocycles. The summed E-state index contributed by atoms with van der Waals surface area (Å²) in [6, 6.07) is 10.0. The van der Waals surface area contributed by atoms with Crippen LogP contribution in [0.15, 0.2) is 41.3 Å². The second kappa shape index (κ2) is 6.14. The molecule has 0 fully saturated rings. The maximum absolute atomic E-state index is 12.3. The fourth-order valence-corrected chi connectivity index (χ4v) is 3.92. The van der Waals surface area contributed by atoms with Gasteiger partial charge in [-0.25, -0.2) is 0 Å². The zero-order chi connectivity index (χ0) is 14.0. The minimum Gasteiger partial charge on any atom is -0.399 e. The zero-order valence-corrected chi connectivity index (χ0v) is 12.8. The number of halogens is 3. The van der Waals surface area contributed by atoms with Crippen molar-refractivity contribution in [2.24, 2.45) is 0 Å². The summed E-state index contributed by atoms with van der Waals surface area (Å²) in [6.07, 6.45) is 0. The zero-order valence-electron chi connectivity index (χ0n) is 9.70. The van der Waals surface area contributed by atoms with E-state index >= 15 is 0 Å². The molecule has 0 saturated carbocycles. The van der Waals surface area contributed by atoms with Crippen molar-refractivity contribution in [3.05, 3.63) is 57.0 Å². The SMILES string of the molecule is Nc1ccc(Cl)c(S(=O)Cc2c(Cl)cccc2Cl)c1. The molecule has 0 amide bonds. The van der Waals surface area contributed by atoms with Crippen molar-refractivity contribution in [2.45, 2.75) is 10.6 Å². The van der Waals surface area contributed by atoms with Gasteiger partial charge in [-0.05, 0) is 30.3 Å². The normalized spacial score (nSPS) is 12.4. The van der Waals surface area contributed by atoms with Gasteiger partial charge in [0.1, 0.15) is 0 Å². The van der Waals surface area contributed by atoms with Crippen molar-refractivity contribution in [3.8, 4) is 0 Å². The van der Waals surface area contributed by atoms with Crippen molar-refractivity contribution in [2.75, 3.05) is 5.73 Å². The maximum atomic E-state index is 12.3. The first kappa shape index (κ1) is 14.7. The lowest BCUT2D eigenvalue weighted by Gasteiger charge is -2.08. The standard InChI is InChI=1S/C13H10Cl3NOS/c14-10-2-1-3-11(15)9(10)7-19(18)13-6-8(17)4-5-12(13)16/h1-6H,7,17H2. The summed E-state index contributed by atoms with van der Waals surface area (Å²) in [6.45, 7) is 0. The molecule has 0 aliphatic carbocycles. The predicted octanol–water partition coefficient (Wildman–Crippen LogP) is 4.54. The number of rotatable bonds is 3. The molecule has 1 atom stereocenters. The number of nitrogens with two attached hydrogens (primary N) is 1. The number of anilines is 1. The lowest BCUT2D eigenvalue weighted by atomic mass is 10.2. The molecule has 100 valence electrons. The van der Waals surface area contributed by atoms with E-state index in [0.29, 0.717) is 31.2 Å². The van der Waals surface area contributed by atoms with Gasteiger partial charge in [-0.1, -0.05) is 40.9 Å². The van der Waals surface area contributed by atoms with Gasteiger partial charge in [0.2, 0.25) is 0 Å². The highest BCUT2D eigenvalue weighted by Crippen LogP contribution is 2.29. The maximum Gasteiger partial charge on any atom is 0.0598 e. The average Bonchev–Trinajstić information content (AvgIpc) is 2.37. The van der Waals surface area contributed by atoms with Crippen LogP contribution in [-0.2, 0) is 16.6 Å². The Morgan fingerprint density at radius 3 is 2.26 bits per heavy atom. The summed E-state index contributed by atoms with van der Waals surface area (Å²) >= 11 is 18.1. The summed E-state index contributed by atoms with van der Waals surface area (Å²) in [5, 5.41) is 1.39. The first-order valence-electron chi connectivity index (χ1n) is 5.35. The molecule has 2 N–H and O–H groups in total. The van der Waals surface area contributed by atoms with Crippen LogP contribution in [0.1, 0.15) is 5.56 Å². The fraction of sp³-hybridized carbons (Fsp3) is 0.0769. The molecule has 0 bridgehead atoms. The third-order valence-corrected chi connectivity index (χ3v) is 5.07. The molecule has 19 heavy (non-hydrogen) atoms. The molecular weight excluding hydrogens is 325 g/mol. The number of nitrogen functional groups attached to an aromatic ring is 1. The molecule has 0 heterocycles. The Balaban J connectivity index is 2.34. The van der Waals surface area contributed by atoms with Crippen molar-refractivity contribution >= 4 is 51.3 Å². The molecule has 6 heteroatoms. The van der Waals surface area contributed by atoms with Crippen LogP contribution in [0.5, 0.6) is 0 Å². The second-order valence-corrected chi connectivity index (χ2v) is 6.52. The first-order chi connectivity index (χ1) is 8.99. The molecule has 0 saturated heterocycles. The van der Waals surface area contributed by atoms with Crippen LogP contribution >= 0.6 is 34.8 Å². The van der Waals surface area contributed by atoms with Crippen molar-refractivity contribution in [1.82, 2.24) is 0 Å². The van der Waals surface area contributed by atoms with E-state index in [-0.39, 0.29) is 5.75 Å². The molecule has 2 aromatic rings. The Morgan fingerprint density at radius 1 is 1.00 bits per heavy atom. The van der Waals surface area contributed by atoms with Crippen LogP contribution in [0.25, 0.3) is 0 Å². The minimum atomic E-state index is -1.36. The lowest BCUT2D eigenvalue weighted by molar-refractivity contribution is 0.682. The Morgan fingerprint density at radius 2 is 1.63 bits per heavy atom. The van der Waals surface area contributed by atoms with E-state index < -0.39 is 10.8 Å². The monoisotopic (exact) mass is 333 g/mol. The molecule has 0 aromatic heterocycles. The van der Waals surface area contributed by atoms with Gasteiger partial charge in [-0.3, -0.25) is 4.21 Å². The predicted molar refractivity (Wildman–Crippen MR) is 82.4 cm³/mol. The van der Waals surface area contributed by atoms with Crippen LogP contribution in [-0.4, -0.2) is 4.21 Å². The summed E-state index contributed by atoms with van der Waals surface area (Å²) < 4.78 is 12.3. The highest BCUT2D eigenvalue weighted by atomic mass is 35.5.